The predicted octanol–water partition coefficient (Wildman–Crippen LogP) is 6.22. The Balaban J connectivity index is 1.85. The number of hydrogen-bond acceptors (Lipinski definition) is 24. The van der Waals surface area contributed by atoms with Crippen molar-refractivity contribution in [1.82, 2.24) is 31.9 Å². The van der Waals surface area contributed by atoms with Crippen molar-refractivity contribution in [2.24, 2.45) is 23.7 Å². The van der Waals surface area contributed by atoms with Gasteiger partial charge in [0.05, 0.1) is 118 Å². The van der Waals surface area contributed by atoms with Crippen LogP contribution in [-0.4, -0.2) is 284 Å². The smallest absolute Gasteiger partial charge is 0.306 e. The van der Waals surface area contributed by atoms with Crippen molar-refractivity contribution < 1.29 is 130 Å². The van der Waals surface area contributed by atoms with Crippen LogP contribution in [0.3, 0.4) is 0 Å². The molecule has 0 unspecified atom stereocenters. The van der Waals surface area contributed by atoms with E-state index < -0.39 is 23.8 Å². The molecule has 9 N–H and O–H groups in total. The Morgan fingerprint density at radius 2 is 0.619 bits per heavy atom. The molecule has 0 spiro atoms. The first-order chi connectivity index (χ1) is 54.9. The van der Waals surface area contributed by atoms with Crippen LogP contribution in [0.4, 0.5) is 0 Å². The fourth-order valence-electron chi connectivity index (χ4n) is 11.9. The van der Waals surface area contributed by atoms with Crippen LogP contribution in [0.15, 0.2) is 0 Å². The maximum Gasteiger partial charge on any atom is 0.306 e. The van der Waals surface area contributed by atoms with E-state index in [1.54, 1.807) is 0 Å². The standard InChI is InChI=1S/C80H142N6O27/c1-2-66(79(98)99)23-19-20-34-81-74(92)61-110-53-45-102-39-21-24-69(87)59-108-51-47-105-42-36-83-75(93)62-111-54-46-103-40-22-25-70(88)60-109-52-48-106-43-37-84-76(94)64-113-56-50-107-44-38-85-77(95)63-112-55-49-104-41-35-82-73(91)33-32-68(80(100)101)57-71(89)67-30-28-65(29-31-67)58-86-72(90)26-17-15-13-11-9-7-5-3-4-6-8-10-12-14-16-18-27-78(96)97/h65-68H,2-64H2,1H3,(H,81,92)(H,82,91)(H,83,93)(H,84,94)(H,85,95)(H,86,90)(H,96,97)(H,98,99)(H,100,101)/t65?,66-,67?,68+/m0/s1. The fourth-order valence-corrected chi connectivity index (χ4v) is 11.9. The van der Waals surface area contributed by atoms with E-state index in [1.165, 1.54) is 64.2 Å². The molecule has 2 atom stereocenters. The lowest BCUT2D eigenvalue weighted by atomic mass is 9.78. The van der Waals surface area contributed by atoms with Crippen molar-refractivity contribution in [3.05, 3.63) is 0 Å². The number of aliphatic carboxylic acids is 3. The molecule has 113 heavy (non-hydrogen) atoms. The number of carbonyl (C=O) groups is 12. The number of rotatable bonds is 85. The predicted molar refractivity (Wildman–Crippen MR) is 418 cm³/mol. The van der Waals surface area contributed by atoms with Crippen LogP contribution in [0.1, 0.15) is 219 Å². The van der Waals surface area contributed by atoms with Gasteiger partial charge in [-0.05, 0) is 83.0 Å². The first kappa shape index (κ1) is 105. The summed E-state index contributed by atoms with van der Waals surface area (Å²) in [5, 5.41) is 44.2. The van der Waals surface area contributed by atoms with Gasteiger partial charge in [-0.3, -0.25) is 57.5 Å². The van der Waals surface area contributed by atoms with Crippen LogP contribution in [0.5, 0.6) is 0 Å². The van der Waals surface area contributed by atoms with Gasteiger partial charge in [-0.2, -0.15) is 0 Å². The number of Topliss-reactive ketones (excluding diaryl/α,β-unsaturated/α-hetero) is 3. The van der Waals surface area contributed by atoms with Crippen molar-refractivity contribution >= 4 is 70.7 Å². The summed E-state index contributed by atoms with van der Waals surface area (Å²) in [4.78, 5) is 144. The molecule has 0 aromatic rings. The summed E-state index contributed by atoms with van der Waals surface area (Å²) >= 11 is 0. The average molecular weight is 1620 g/mol. The average Bonchev–Trinajstić information content (AvgIpc) is 0.870. The number of carboxylic acid groups (broad SMARTS) is 3. The number of hydrogen-bond donors (Lipinski definition) is 9. The van der Waals surface area contributed by atoms with Gasteiger partial charge in [0.1, 0.15) is 45.4 Å². The van der Waals surface area contributed by atoms with E-state index in [0.717, 1.165) is 57.8 Å². The molecule has 1 saturated carbocycles. The van der Waals surface area contributed by atoms with Gasteiger partial charge in [-0.15, -0.1) is 0 Å². The molecule has 654 valence electrons. The first-order valence-corrected chi connectivity index (χ1v) is 41.7. The van der Waals surface area contributed by atoms with E-state index in [2.05, 4.69) is 31.9 Å². The van der Waals surface area contributed by atoms with E-state index in [1.807, 2.05) is 6.92 Å². The van der Waals surface area contributed by atoms with Gasteiger partial charge < -0.3 is 104 Å². The molecule has 0 aromatic carbocycles. The van der Waals surface area contributed by atoms with E-state index in [9.17, 15) is 62.6 Å². The Labute approximate surface area is 670 Å². The van der Waals surface area contributed by atoms with Crippen LogP contribution in [0.2, 0.25) is 0 Å². The maximum atomic E-state index is 13.2. The van der Waals surface area contributed by atoms with E-state index in [-0.39, 0.29) is 268 Å². The quantitative estimate of drug-likeness (QED) is 0.0305. The highest BCUT2D eigenvalue weighted by Gasteiger charge is 2.31. The Kier molecular flexibility index (Phi) is 71.4. The Bertz CT molecular complexity index is 2500. The van der Waals surface area contributed by atoms with Crippen molar-refractivity contribution in [1.29, 1.82) is 0 Å². The second kappa shape index (κ2) is 77.0. The van der Waals surface area contributed by atoms with E-state index in [0.29, 0.717) is 90.0 Å². The zero-order valence-corrected chi connectivity index (χ0v) is 68.0. The van der Waals surface area contributed by atoms with Gasteiger partial charge in [0, 0.05) is 96.9 Å². The molecular weight excluding hydrogens is 1480 g/mol. The largest absolute Gasteiger partial charge is 0.481 e. The van der Waals surface area contributed by atoms with Crippen LogP contribution < -0.4 is 31.9 Å². The first-order valence-electron chi connectivity index (χ1n) is 41.7. The number of unbranched alkanes of at least 4 members (excludes halogenated alkanes) is 16. The Hall–Kier alpha value is -6.24. The third kappa shape index (κ3) is 70.9. The highest BCUT2D eigenvalue weighted by Crippen LogP contribution is 2.31. The second-order valence-corrected chi connectivity index (χ2v) is 28.3. The lowest BCUT2D eigenvalue weighted by Gasteiger charge is -2.28. The fraction of sp³-hybridized carbons (Fsp3) is 0.850. The van der Waals surface area contributed by atoms with Crippen LogP contribution in [-0.2, 0) is 114 Å². The lowest BCUT2D eigenvalue weighted by Crippen LogP contribution is -2.33. The summed E-state index contributed by atoms with van der Waals surface area (Å²) < 4.78 is 64.7. The van der Waals surface area contributed by atoms with Crippen molar-refractivity contribution in [3.8, 4) is 0 Å². The van der Waals surface area contributed by atoms with Gasteiger partial charge >= 0.3 is 17.9 Å². The molecule has 0 heterocycles. The molecule has 1 rings (SSSR count). The van der Waals surface area contributed by atoms with E-state index in [4.69, 9.17) is 67.1 Å². The molecule has 1 aliphatic rings. The van der Waals surface area contributed by atoms with Gasteiger partial charge in [-0.25, -0.2) is 0 Å². The highest BCUT2D eigenvalue weighted by molar-refractivity contribution is 5.86. The molecule has 0 aliphatic heterocycles. The van der Waals surface area contributed by atoms with Gasteiger partial charge in [0.25, 0.3) is 0 Å². The van der Waals surface area contributed by atoms with Crippen molar-refractivity contribution in [2.45, 2.75) is 219 Å². The molecular formula is C80H142N6O27. The van der Waals surface area contributed by atoms with Crippen LogP contribution in [0, 0.1) is 23.7 Å². The molecule has 0 saturated heterocycles. The molecule has 0 aromatic heterocycles. The van der Waals surface area contributed by atoms with Gasteiger partial charge in [0.15, 0.2) is 11.6 Å². The molecule has 1 aliphatic carbocycles. The number of amides is 6. The van der Waals surface area contributed by atoms with Crippen LogP contribution in [0.25, 0.3) is 0 Å². The maximum absolute atomic E-state index is 13.2. The Morgan fingerprint density at radius 3 is 0.991 bits per heavy atom. The lowest BCUT2D eigenvalue weighted by molar-refractivity contribution is -0.145. The number of nitrogens with one attached hydrogen (secondary N) is 6. The summed E-state index contributed by atoms with van der Waals surface area (Å²) in [6, 6.07) is 0. The number of ether oxygens (including phenoxy) is 12. The summed E-state index contributed by atoms with van der Waals surface area (Å²) in [5.41, 5.74) is 0. The summed E-state index contributed by atoms with van der Waals surface area (Å²) in [7, 11) is 0. The van der Waals surface area contributed by atoms with Gasteiger partial charge in [0.2, 0.25) is 35.4 Å². The molecule has 6 amide bonds. The number of ketones is 3. The molecule has 33 heteroatoms. The summed E-state index contributed by atoms with van der Waals surface area (Å²) in [6.45, 7) is 7.21. The molecule has 33 nitrogen and oxygen atoms in total. The summed E-state index contributed by atoms with van der Waals surface area (Å²) in [6.07, 6.45) is 26.4. The number of carbonyl (C=O) groups excluding carboxylic acids is 9. The summed E-state index contributed by atoms with van der Waals surface area (Å²) in [5.74, 6) is -5.60. The zero-order chi connectivity index (χ0) is 82.5. The van der Waals surface area contributed by atoms with E-state index >= 15 is 0 Å². The monoisotopic (exact) mass is 1620 g/mol. The van der Waals surface area contributed by atoms with Crippen molar-refractivity contribution in [2.75, 3.05) is 198 Å². The van der Waals surface area contributed by atoms with Crippen LogP contribution >= 0.6 is 0 Å². The minimum Gasteiger partial charge on any atom is -0.481 e. The van der Waals surface area contributed by atoms with Crippen molar-refractivity contribution in [3.63, 3.8) is 0 Å². The minimum absolute atomic E-state index is 0.0352. The molecule has 0 bridgehead atoms. The topological polar surface area (TPSA) is 448 Å². The molecule has 0 radical (unpaired) electrons. The zero-order valence-electron chi connectivity index (χ0n) is 68.0. The third-order valence-electron chi connectivity index (χ3n) is 18.5. The minimum atomic E-state index is -1.11. The highest BCUT2D eigenvalue weighted by atomic mass is 16.6. The SMILES string of the molecule is CC[C@@H](CCCCNC(=O)COCCOCCCC(=O)COCCOCCNC(=O)COCCOCCCC(=O)COCCOCCNC(=O)COCCOCCNC(=O)COCCOCCNC(=O)CC[C@H](CC(=O)C1CCC(CNC(=O)CCCCCCCCCCCCCCCCCCC(=O)O)CC1)C(=O)O)C(=O)O. The Morgan fingerprint density at radius 1 is 0.292 bits per heavy atom. The second-order valence-electron chi connectivity index (χ2n) is 28.3. The third-order valence-corrected chi connectivity index (χ3v) is 18.5. The molecule has 1 fully saturated rings. The normalized spacial score (nSPS) is 13.9. The van der Waals surface area contributed by atoms with Gasteiger partial charge in [-0.1, -0.05) is 103 Å². The number of carboxylic acids is 3.